The van der Waals surface area contributed by atoms with Crippen LogP contribution in [0.15, 0.2) is 42.6 Å². The number of pyridine rings is 1. The predicted molar refractivity (Wildman–Crippen MR) is 101 cm³/mol. The van der Waals surface area contributed by atoms with Gasteiger partial charge in [-0.05, 0) is 36.6 Å². The number of halogens is 2. The molecular formula is C20H20F2N4O2. The van der Waals surface area contributed by atoms with Gasteiger partial charge in [0.05, 0.1) is 11.2 Å². The highest BCUT2D eigenvalue weighted by Gasteiger charge is 2.22. The molecule has 0 saturated heterocycles. The zero-order valence-electron chi connectivity index (χ0n) is 15.5. The molecule has 0 bridgehead atoms. The fraction of sp³-hybridized carbons (Fsp3) is 0.250. The van der Waals surface area contributed by atoms with Gasteiger partial charge in [0, 0.05) is 18.8 Å². The van der Waals surface area contributed by atoms with Crippen molar-refractivity contribution in [3.05, 3.63) is 65.7 Å². The minimum absolute atomic E-state index is 0.0293. The minimum Gasteiger partial charge on any atom is -0.349 e. The lowest BCUT2D eigenvalue weighted by atomic mass is 10.1. The molecule has 0 saturated carbocycles. The van der Waals surface area contributed by atoms with Gasteiger partial charge in [0.15, 0.2) is 5.69 Å². The number of imidazole rings is 1. The van der Waals surface area contributed by atoms with Crippen molar-refractivity contribution in [2.45, 2.75) is 20.3 Å². The van der Waals surface area contributed by atoms with Gasteiger partial charge in [0.25, 0.3) is 11.8 Å². The van der Waals surface area contributed by atoms with Crippen molar-refractivity contribution in [3.63, 3.8) is 0 Å². The molecule has 28 heavy (non-hydrogen) atoms. The van der Waals surface area contributed by atoms with Crippen LogP contribution in [0.25, 0.3) is 5.52 Å². The van der Waals surface area contributed by atoms with E-state index in [-0.39, 0.29) is 17.2 Å². The molecule has 3 rings (SSSR count). The molecule has 0 aliphatic heterocycles. The van der Waals surface area contributed by atoms with Crippen molar-refractivity contribution in [3.8, 4) is 0 Å². The number of anilines is 1. The number of nitrogens with one attached hydrogen (secondary N) is 2. The molecule has 1 aromatic carbocycles. The molecule has 6 nitrogen and oxygen atoms in total. The second-order valence-corrected chi connectivity index (χ2v) is 6.76. The molecule has 0 spiro atoms. The molecule has 2 aromatic heterocycles. The van der Waals surface area contributed by atoms with Crippen LogP contribution in [0, 0.1) is 17.6 Å². The van der Waals surface area contributed by atoms with Crippen LogP contribution in [0.3, 0.4) is 0 Å². The topological polar surface area (TPSA) is 75.5 Å². The third-order valence-corrected chi connectivity index (χ3v) is 4.15. The first kappa shape index (κ1) is 19.5. The summed E-state index contributed by atoms with van der Waals surface area (Å²) in [5.41, 5.74) is 0.196. The number of carbonyl (C=O) groups excluding carboxylic acids is 2. The van der Waals surface area contributed by atoms with Crippen LogP contribution in [0.5, 0.6) is 0 Å². The maximum absolute atomic E-state index is 13.8. The van der Waals surface area contributed by atoms with Crippen LogP contribution >= 0.6 is 0 Å². The third kappa shape index (κ3) is 4.16. The van der Waals surface area contributed by atoms with E-state index in [1.807, 2.05) is 13.8 Å². The Morgan fingerprint density at radius 3 is 2.64 bits per heavy atom. The standard InChI is InChI=1S/C20H20F2N4O2/c1-12(2)8-9-23-20(28)18-25-17(16-5-3-4-10-26(16)18)19(27)24-15-7-6-13(21)11-14(15)22/h3-7,10-12H,8-9H2,1-2H3,(H,23,28)(H,24,27). The van der Waals surface area contributed by atoms with Crippen molar-refractivity contribution >= 4 is 23.0 Å². The van der Waals surface area contributed by atoms with E-state index in [9.17, 15) is 18.4 Å². The lowest BCUT2D eigenvalue weighted by Gasteiger charge is -2.06. The molecule has 2 N–H and O–H groups in total. The quantitative estimate of drug-likeness (QED) is 0.679. The Kier molecular flexibility index (Phi) is 5.67. The Morgan fingerprint density at radius 1 is 1.14 bits per heavy atom. The second-order valence-electron chi connectivity index (χ2n) is 6.76. The summed E-state index contributed by atoms with van der Waals surface area (Å²) >= 11 is 0. The maximum atomic E-state index is 13.8. The Labute approximate surface area is 160 Å². The molecular weight excluding hydrogens is 366 g/mol. The Morgan fingerprint density at radius 2 is 1.93 bits per heavy atom. The van der Waals surface area contributed by atoms with E-state index in [1.165, 1.54) is 4.40 Å². The van der Waals surface area contributed by atoms with E-state index in [4.69, 9.17) is 0 Å². The highest BCUT2D eigenvalue weighted by molar-refractivity contribution is 6.09. The molecule has 146 valence electrons. The number of carbonyl (C=O) groups is 2. The summed E-state index contributed by atoms with van der Waals surface area (Å²) in [7, 11) is 0. The van der Waals surface area contributed by atoms with Crippen LogP contribution in [-0.2, 0) is 0 Å². The molecule has 8 heteroatoms. The number of amides is 2. The first-order valence-corrected chi connectivity index (χ1v) is 8.88. The molecule has 3 aromatic rings. The highest BCUT2D eigenvalue weighted by Crippen LogP contribution is 2.19. The lowest BCUT2D eigenvalue weighted by Crippen LogP contribution is -2.27. The SMILES string of the molecule is CC(C)CCNC(=O)c1nc(C(=O)Nc2ccc(F)cc2F)c2ccccn12. The van der Waals surface area contributed by atoms with E-state index in [0.717, 1.165) is 18.6 Å². The van der Waals surface area contributed by atoms with E-state index >= 15 is 0 Å². The van der Waals surface area contributed by atoms with E-state index in [0.29, 0.717) is 24.0 Å². The van der Waals surface area contributed by atoms with E-state index in [2.05, 4.69) is 15.6 Å². The van der Waals surface area contributed by atoms with Crippen molar-refractivity contribution in [1.29, 1.82) is 0 Å². The molecule has 0 radical (unpaired) electrons. The largest absolute Gasteiger partial charge is 0.349 e. The second kappa shape index (κ2) is 8.16. The number of benzene rings is 1. The van der Waals surface area contributed by atoms with E-state index < -0.39 is 23.4 Å². The van der Waals surface area contributed by atoms with Gasteiger partial charge in [-0.2, -0.15) is 0 Å². The molecule has 0 aliphatic carbocycles. The molecule has 0 aliphatic rings. The Balaban J connectivity index is 1.89. The van der Waals surface area contributed by atoms with Gasteiger partial charge in [0.1, 0.15) is 11.6 Å². The Bertz CT molecular complexity index is 1030. The molecule has 2 amide bonds. The van der Waals surface area contributed by atoms with Gasteiger partial charge in [-0.15, -0.1) is 0 Å². The van der Waals surface area contributed by atoms with Crippen LogP contribution in [0.4, 0.5) is 14.5 Å². The van der Waals surface area contributed by atoms with Crippen LogP contribution in [0.1, 0.15) is 41.4 Å². The van der Waals surface area contributed by atoms with Gasteiger partial charge in [-0.25, -0.2) is 13.8 Å². The lowest BCUT2D eigenvalue weighted by molar-refractivity contribution is 0.0941. The number of nitrogens with zero attached hydrogens (tertiary/aromatic N) is 2. The van der Waals surface area contributed by atoms with E-state index in [1.54, 1.807) is 24.4 Å². The molecule has 0 atom stereocenters. The summed E-state index contributed by atoms with van der Waals surface area (Å²) in [5, 5.41) is 5.15. The van der Waals surface area contributed by atoms with Gasteiger partial charge >= 0.3 is 0 Å². The maximum Gasteiger partial charge on any atom is 0.287 e. The minimum atomic E-state index is -0.900. The number of fused-ring (bicyclic) bond motifs is 1. The van der Waals surface area contributed by atoms with Crippen molar-refractivity contribution in [1.82, 2.24) is 14.7 Å². The zero-order chi connectivity index (χ0) is 20.3. The fourth-order valence-corrected chi connectivity index (χ4v) is 2.69. The Hall–Kier alpha value is -3.29. The van der Waals surface area contributed by atoms with Gasteiger partial charge in [-0.1, -0.05) is 19.9 Å². The monoisotopic (exact) mass is 386 g/mol. The average Bonchev–Trinajstić information content (AvgIpc) is 3.03. The number of hydrogen-bond donors (Lipinski definition) is 2. The number of hydrogen-bond acceptors (Lipinski definition) is 3. The zero-order valence-corrected chi connectivity index (χ0v) is 15.5. The fourth-order valence-electron chi connectivity index (χ4n) is 2.69. The summed E-state index contributed by atoms with van der Waals surface area (Å²) in [6, 6.07) is 7.88. The summed E-state index contributed by atoms with van der Waals surface area (Å²) in [4.78, 5) is 29.3. The predicted octanol–water partition coefficient (Wildman–Crippen LogP) is 3.64. The summed E-state index contributed by atoms with van der Waals surface area (Å²) in [6.45, 7) is 4.59. The molecule has 2 heterocycles. The summed E-state index contributed by atoms with van der Waals surface area (Å²) in [6.07, 6.45) is 2.43. The van der Waals surface area contributed by atoms with Gasteiger partial charge in [-0.3, -0.25) is 14.0 Å². The highest BCUT2D eigenvalue weighted by atomic mass is 19.1. The van der Waals surface area contributed by atoms with Crippen LogP contribution in [-0.4, -0.2) is 27.7 Å². The van der Waals surface area contributed by atoms with Crippen molar-refractivity contribution in [2.75, 3.05) is 11.9 Å². The van der Waals surface area contributed by atoms with Crippen LogP contribution in [0.2, 0.25) is 0 Å². The molecule has 0 fully saturated rings. The first-order valence-electron chi connectivity index (χ1n) is 8.88. The van der Waals surface area contributed by atoms with Crippen LogP contribution < -0.4 is 10.6 Å². The van der Waals surface area contributed by atoms with Crippen molar-refractivity contribution in [2.24, 2.45) is 5.92 Å². The third-order valence-electron chi connectivity index (χ3n) is 4.15. The van der Waals surface area contributed by atoms with Gasteiger partial charge in [0.2, 0.25) is 5.82 Å². The van der Waals surface area contributed by atoms with Crippen molar-refractivity contribution < 1.29 is 18.4 Å². The number of aromatic nitrogens is 2. The molecule has 0 unspecified atom stereocenters. The average molecular weight is 386 g/mol. The number of rotatable bonds is 6. The summed E-state index contributed by atoms with van der Waals surface area (Å²) in [5.74, 6) is -2.26. The normalized spacial score (nSPS) is 11.0. The summed E-state index contributed by atoms with van der Waals surface area (Å²) < 4.78 is 28.4. The smallest absolute Gasteiger partial charge is 0.287 e. The van der Waals surface area contributed by atoms with Gasteiger partial charge < -0.3 is 10.6 Å². The first-order chi connectivity index (χ1) is 13.4.